The van der Waals surface area contributed by atoms with Crippen LogP contribution in [0.5, 0.6) is 0 Å². The molecule has 0 saturated carbocycles. The number of unbranched alkanes of at least 4 members (excludes halogenated alkanes) is 4. The Balaban J connectivity index is 1.68. The third-order valence-electron chi connectivity index (χ3n) is 4.99. The average molecular weight is 303 g/mol. The SMILES string of the molecule is CCCCCCCC1CCC(c2ccc(CCC)cc2)CO1. The fourth-order valence-electron chi connectivity index (χ4n) is 3.52. The van der Waals surface area contributed by atoms with Crippen LogP contribution in [0, 0.1) is 0 Å². The third-order valence-corrected chi connectivity index (χ3v) is 4.99. The molecule has 1 fully saturated rings. The Hall–Kier alpha value is -0.820. The van der Waals surface area contributed by atoms with E-state index in [9.17, 15) is 0 Å². The molecule has 0 bridgehead atoms. The Kier molecular flexibility index (Phi) is 8.01. The molecule has 0 spiro atoms. The molecule has 0 aromatic heterocycles. The summed E-state index contributed by atoms with van der Waals surface area (Å²) in [5.41, 5.74) is 2.94. The molecule has 1 aromatic carbocycles. The van der Waals surface area contributed by atoms with E-state index in [1.807, 2.05) is 0 Å². The lowest BCUT2D eigenvalue weighted by Gasteiger charge is -2.29. The van der Waals surface area contributed by atoms with Gasteiger partial charge < -0.3 is 4.74 Å². The molecule has 0 N–H and O–H groups in total. The molecule has 0 radical (unpaired) electrons. The molecule has 1 heterocycles. The first kappa shape index (κ1) is 17.5. The number of aryl methyl sites for hydroxylation is 1. The second-order valence-electron chi connectivity index (χ2n) is 6.92. The molecule has 0 aliphatic carbocycles. The first-order chi connectivity index (χ1) is 10.8. The number of hydrogen-bond acceptors (Lipinski definition) is 1. The second-order valence-corrected chi connectivity index (χ2v) is 6.92. The molecule has 1 aliphatic heterocycles. The zero-order valence-electron chi connectivity index (χ0n) is 14.7. The van der Waals surface area contributed by atoms with E-state index in [1.165, 1.54) is 75.3 Å². The van der Waals surface area contributed by atoms with E-state index in [-0.39, 0.29) is 0 Å². The first-order valence-corrected chi connectivity index (χ1v) is 9.54. The minimum Gasteiger partial charge on any atom is -0.378 e. The van der Waals surface area contributed by atoms with Gasteiger partial charge in [0.2, 0.25) is 0 Å². The van der Waals surface area contributed by atoms with Crippen molar-refractivity contribution in [3.8, 4) is 0 Å². The fraction of sp³-hybridized carbons (Fsp3) is 0.714. The highest BCUT2D eigenvalue weighted by atomic mass is 16.5. The van der Waals surface area contributed by atoms with Gasteiger partial charge in [0.1, 0.15) is 0 Å². The summed E-state index contributed by atoms with van der Waals surface area (Å²) in [5.74, 6) is 0.618. The number of ether oxygens (including phenoxy) is 1. The minimum atomic E-state index is 0.525. The van der Waals surface area contributed by atoms with Gasteiger partial charge in [-0.05, 0) is 36.8 Å². The molecule has 2 atom stereocenters. The molecular formula is C21H34O. The summed E-state index contributed by atoms with van der Waals surface area (Å²) >= 11 is 0. The fourth-order valence-corrected chi connectivity index (χ4v) is 3.52. The molecule has 1 nitrogen and oxygen atoms in total. The maximum Gasteiger partial charge on any atom is 0.0575 e. The van der Waals surface area contributed by atoms with Crippen LogP contribution in [0.1, 0.15) is 88.7 Å². The smallest absolute Gasteiger partial charge is 0.0575 e. The number of rotatable bonds is 9. The molecule has 2 unspecified atom stereocenters. The van der Waals surface area contributed by atoms with Crippen LogP contribution in [0.3, 0.4) is 0 Å². The molecule has 2 rings (SSSR count). The lowest BCUT2D eigenvalue weighted by atomic mass is 9.89. The van der Waals surface area contributed by atoms with Gasteiger partial charge in [0.15, 0.2) is 0 Å². The highest BCUT2D eigenvalue weighted by Crippen LogP contribution is 2.30. The molecule has 0 amide bonds. The van der Waals surface area contributed by atoms with Crippen LogP contribution < -0.4 is 0 Å². The van der Waals surface area contributed by atoms with Crippen LogP contribution in [0.15, 0.2) is 24.3 Å². The van der Waals surface area contributed by atoms with Crippen LogP contribution in [0.2, 0.25) is 0 Å². The summed E-state index contributed by atoms with van der Waals surface area (Å²) in [6, 6.07) is 9.26. The highest BCUT2D eigenvalue weighted by molar-refractivity contribution is 5.26. The zero-order chi connectivity index (χ0) is 15.6. The van der Waals surface area contributed by atoms with Gasteiger partial charge in [-0.15, -0.1) is 0 Å². The van der Waals surface area contributed by atoms with Gasteiger partial charge in [-0.25, -0.2) is 0 Å². The Morgan fingerprint density at radius 1 is 0.909 bits per heavy atom. The number of benzene rings is 1. The maximum atomic E-state index is 6.13. The molecule has 1 saturated heterocycles. The van der Waals surface area contributed by atoms with Crippen LogP contribution in [-0.2, 0) is 11.2 Å². The summed E-state index contributed by atoms with van der Waals surface area (Å²) < 4.78 is 6.13. The minimum absolute atomic E-state index is 0.525. The molecule has 1 aromatic rings. The Bertz CT molecular complexity index is 387. The van der Waals surface area contributed by atoms with Crippen molar-refractivity contribution in [1.29, 1.82) is 0 Å². The van der Waals surface area contributed by atoms with Crippen molar-refractivity contribution >= 4 is 0 Å². The van der Waals surface area contributed by atoms with Crippen molar-refractivity contribution in [3.63, 3.8) is 0 Å². The van der Waals surface area contributed by atoms with Gasteiger partial charge in [0.25, 0.3) is 0 Å². The molecule has 1 heteroatoms. The van der Waals surface area contributed by atoms with E-state index < -0.39 is 0 Å². The van der Waals surface area contributed by atoms with Crippen molar-refractivity contribution in [1.82, 2.24) is 0 Å². The Morgan fingerprint density at radius 3 is 2.32 bits per heavy atom. The summed E-state index contributed by atoms with van der Waals surface area (Å²) in [6.07, 6.45) is 13.6. The number of hydrogen-bond donors (Lipinski definition) is 0. The van der Waals surface area contributed by atoms with E-state index in [0.717, 1.165) is 6.61 Å². The quantitative estimate of drug-likeness (QED) is 0.489. The van der Waals surface area contributed by atoms with Crippen LogP contribution in [0.25, 0.3) is 0 Å². The molecular weight excluding hydrogens is 268 g/mol. The van der Waals surface area contributed by atoms with Gasteiger partial charge in [0.05, 0.1) is 12.7 Å². The van der Waals surface area contributed by atoms with Crippen LogP contribution in [0.4, 0.5) is 0 Å². The lowest BCUT2D eigenvalue weighted by molar-refractivity contribution is -0.00213. The predicted octanol–water partition coefficient (Wildman–Crippen LogP) is 6.26. The molecule has 22 heavy (non-hydrogen) atoms. The summed E-state index contributed by atoms with van der Waals surface area (Å²) in [4.78, 5) is 0. The van der Waals surface area contributed by atoms with Gasteiger partial charge in [-0.2, -0.15) is 0 Å². The van der Waals surface area contributed by atoms with E-state index >= 15 is 0 Å². The van der Waals surface area contributed by atoms with Crippen molar-refractivity contribution in [2.24, 2.45) is 0 Å². The van der Waals surface area contributed by atoms with Crippen molar-refractivity contribution in [2.45, 2.75) is 90.1 Å². The standard InChI is InChI=1S/C21H34O/c1-3-5-6-7-8-10-21-16-15-20(17-22-21)19-13-11-18(9-4-2)12-14-19/h11-14,20-21H,3-10,15-17H2,1-2H3. The Morgan fingerprint density at radius 2 is 1.68 bits per heavy atom. The van der Waals surface area contributed by atoms with Crippen LogP contribution >= 0.6 is 0 Å². The third kappa shape index (κ3) is 5.76. The lowest BCUT2D eigenvalue weighted by Crippen LogP contribution is -2.24. The second kappa shape index (κ2) is 10.0. The first-order valence-electron chi connectivity index (χ1n) is 9.54. The van der Waals surface area contributed by atoms with E-state index in [4.69, 9.17) is 4.74 Å². The summed E-state index contributed by atoms with van der Waals surface area (Å²) in [7, 11) is 0. The molecule has 124 valence electrons. The largest absolute Gasteiger partial charge is 0.378 e. The van der Waals surface area contributed by atoms with Gasteiger partial charge >= 0.3 is 0 Å². The monoisotopic (exact) mass is 302 g/mol. The van der Waals surface area contributed by atoms with Crippen LogP contribution in [-0.4, -0.2) is 12.7 Å². The molecule has 1 aliphatic rings. The summed E-state index contributed by atoms with van der Waals surface area (Å²) in [5, 5.41) is 0. The normalized spacial score (nSPS) is 21.9. The average Bonchev–Trinajstić information content (AvgIpc) is 2.56. The Labute approximate surface area is 137 Å². The van der Waals surface area contributed by atoms with E-state index in [1.54, 1.807) is 0 Å². The van der Waals surface area contributed by atoms with Crippen molar-refractivity contribution in [2.75, 3.05) is 6.61 Å². The van der Waals surface area contributed by atoms with Crippen molar-refractivity contribution < 1.29 is 4.74 Å². The summed E-state index contributed by atoms with van der Waals surface area (Å²) in [6.45, 7) is 5.44. The van der Waals surface area contributed by atoms with Gasteiger partial charge in [0, 0.05) is 5.92 Å². The van der Waals surface area contributed by atoms with Gasteiger partial charge in [-0.1, -0.05) is 76.6 Å². The predicted molar refractivity (Wildman–Crippen MR) is 95.5 cm³/mol. The maximum absolute atomic E-state index is 6.13. The zero-order valence-corrected chi connectivity index (χ0v) is 14.7. The van der Waals surface area contributed by atoms with E-state index in [2.05, 4.69) is 38.1 Å². The van der Waals surface area contributed by atoms with Crippen molar-refractivity contribution in [3.05, 3.63) is 35.4 Å². The highest BCUT2D eigenvalue weighted by Gasteiger charge is 2.22. The topological polar surface area (TPSA) is 9.23 Å². The van der Waals surface area contributed by atoms with Gasteiger partial charge in [-0.3, -0.25) is 0 Å². The van der Waals surface area contributed by atoms with E-state index in [0.29, 0.717) is 12.0 Å².